The Hall–Kier alpha value is -2.80. The Kier molecular flexibility index (Phi) is 4.99. The first kappa shape index (κ1) is 18.0. The second kappa shape index (κ2) is 7.21. The molecule has 3 aromatic rings. The van der Waals surface area contributed by atoms with E-state index < -0.39 is 6.10 Å². The molecular formula is C19H23N3O4. The summed E-state index contributed by atoms with van der Waals surface area (Å²) in [7, 11) is 0. The SMILES string of the molecule is Cc1oc(C)c(C(=O)NCC(O)CNc2nc3cccc(C)c3o2)c1C. The van der Waals surface area contributed by atoms with E-state index in [1.54, 1.807) is 6.92 Å². The molecule has 7 nitrogen and oxygen atoms in total. The maximum absolute atomic E-state index is 12.3. The van der Waals surface area contributed by atoms with Crippen LogP contribution in [-0.2, 0) is 0 Å². The van der Waals surface area contributed by atoms with Crippen LogP contribution in [0.15, 0.2) is 27.0 Å². The van der Waals surface area contributed by atoms with Gasteiger partial charge in [0.05, 0.1) is 11.7 Å². The number of rotatable bonds is 6. The molecule has 0 saturated heterocycles. The highest BCUT2D eigenvalue weighted by Crippen LogP contribution is 2.22. The van der Waals surface area contributed by atoms with Gasteiger partial charge in [0.1, 0.15) is 17.0 Å². The van der Waals surface area contributed by atoms with Gasteiger partial charge in [-0.25, -0.2) is 0 Å². The topological polar surface area (TPSA) is 101 Å². The molecule has 0 radical (unpaired) electrons. The van der Waals surface area contributed by atoms with E-state index in [2.05, 4.69) is 15.6 Å². The van der Waals surface area contributed by atoms with Gasteiger partial charge in [-0.15, -0.1) is 0 Å². The van der Waals surface area contributed by atoms with Gasteiger partial charge in [-0.3, -0.25) is 4.79 Å². The lowest BCUT2D eigenvalue weighted by molar-refractivity contribution is 0.0919. The van der Waals surface area contributed by atoms with Gasteiger partial charge in [-0.05, 0) is 39.3 Å². The molecule has 0 fully saturated rings. The summed E-state index contributed by atoms with van der Waals surface area (Å²) in [5, 5.41) is 15.8. The fourth-order valence-electron chi connectivity index (χ4n) is 2.87. The molecule has 0 aliphatic carbocycles. The summed E-state index contributed by atoms with van der Waals surface area (Å²) in [6.07, 6.45) is -0.788. The molecule has 0 spiro atoms. The molecule has 1 unspecified atom stereocenters. The average molecular weight is 357 g/mol. The van der Waals surface area contributed by atoms with Crippen molar-refractivity contribution in [2.24, 2.45) is 0 Å². The number of carbonyl (C=O) groups excluding carboxylic acids is 1. The fraction of sp³-hybridized carbons (Fsp3) is 0.368. The molecule has 0 bridgehead atoms. The summed E-state index contributed by atoms with van der Waals surface area (Å²) < 4.78 is 11.1. The highest BCUT2D eigenvalue weighted by atomic mass is 16.4. The third kappa shape index (κ3) is 3.57. The number of benzene rings is 1. The zero-order valence-electron chi connectivity index (χ0n) is 15.3. The Labute approximate surface area is 151 Å². The smallest absolute Gasteiger partial charge is 0.295 e. The second-order valence-corrected chi connectivity index (χ2v) is 6.40. The number of para-hydroxylation sites is 1. The van der Waals surface area contributed by atoms with E-state index in [-0.39, 0.29) is 19.0 Å². The largest absolute Gasteiger partial charge is 0.466 e. The quantitative estimate of drug-likeness (QED) is 0.627. The minimum atomic E-state index is -0.788. The molecule has 1 atom stereocenters. The number of anilines is 1. The molecule has 138 valence electrons. The number of aryl methyl sites for hydroxylation is 3. The molecule has 1 aromatic carbocycles. The Morgan fingerprint density at radius 3 is 2.58 bits per heavy atom. The third-order valence-corrected chi connectivity index (χ3v) is 4.39. The first-order chi connectivity index (χ1) is 12.4. The summed E-state index contributed by atoms with van der Waals surface area (Å²) >= 11 is 0. The van der Waals surface area contributed by atoms with Crippen LogP contribution in [0.25, 0.3) is 11.1 Å². The van der Waals surface area contributed by atoms with Crippen LogP contribution >= 0.6 is 0 Å². The minimum absolute atomic E-state index is 0.105. The van der Waals surface area contributed by atoms with Crippen LogP contribution in [0.3, 0.4) is 0 Å². The van der Waals surface area contributed by atoms with Crippen molar-refractivity contribution in [3.8, 4) is 0 Å². The van der Waals surface area contributed by atoms with Gasteiger partial charge in [-0.1, -0.05) is 12.1 Å². The van der Waals surface area contributed by atoms with E-state index in [9.17, 15) is 9.90 Å². The molecule has 3 N–H and O–H groups in total. The Morgan fingerprint density at radius 2 is 1.92 bits per heavy atom. The molecule has 0 aliphatic heterocycles. The first-order valence-electron chi connectivity index (χ1n) is 8.49. The minimum Gasteiger partial charge on any atom is -0.466 e. The number of carbonyl (C=O) groups is 1. The van der Waals surface area contributed by atoms with E-state index >= 15 is 0 Å². The van der Waals surface area contributed by atoms with Crippen molar-refractivity contribution in [1.29, 1.82) is 0 Å². The standard InChI is InChI=1S/C19H23N3O4/c1-10-6-5-7-15-17(10)26-19(22-15)21-9-14(23)8-20-18(24)16-11(2)12(3)25-13(16)4/h5-7,14,23H,8-9H2,1-4H3,(H,20,24)(H,21,22). The van der Waals surface area contributed by atoms with Gasteiger partial charge in [-0.2, -0.15) is 4.98 Å². The van der Waals surface area contributed by atoms with E-state index in [0.717, 1.165) is 28.0 Å². The van der Waals surface area contributed by atoms with E-state index in [1.165, 1.54) is 0 Å². The maximum atomic E-state index is 12.3. The number of oxazole rings is 1. The maximum Gasteiger partial charge on any atom is 0.295 e. The second-order valence-electron chi connectivity index (χ2n) is 6.40. The van der Waals surface area contributed by atoms with Gasteiger partial charge in [0.2, 0.25) is 0 Å². The number of hydrogen-bond acceptors (Lipinski definition) is 6. The lowest BCUT2D eigenvalue weighted by Gasteiger charge is -2.12. The third-order valence-electron chi connectivity index (χ3n) is 4.39. The Morgan fingerprint density at radius 1 is 1.15 bits per heavy atom. The predicted molar refractivity (Wildman–Crippen MR) is 98.5 cm³/mol. The number of amides is 1. The normalized spacial score (nSPS) is 12.3. The predicted octanol–water partition coefficient (Wildman–Crippen LogP) is 2.86. The van der Waals surface area contributed by atoms with Crippen LogP contribution in [-0.4, -0.2) is 35.2 Å². The number of fused-ring (bicyclic) bond motifs is 1. The van der Waals surface area contributed by atoms with Crippen LogP contribution in [0.4, 0.5) is 6.01 Å². The molecule has 1 amide bonds. The fourth-order valence-corrected chi connectivity index (χ4v) is 2.87. The van der Waals surface area contributed by atoms with Crippen molar-refractivity contribution in [3.63, 3.8) is 0 Å². The molecule has 3 rings (SSSR count). The Balaban J connectivity index is 1.54. The van der Waals surface area contributed by atoms with Crippen LogP contribution in [0.2, 0.25) is 0 Å². The number of hydrogen-bond donors (Lipinski definition) is 3. The number of nitrogens with one attached hydrogen (secondary N) is 2. The lowest BCUT2D eigenvalue weighted by Crippen LogP contribution is -2.36. The number of nitrogens with zero attached hydrogens (tertiary/aromatic N) is 1. The van der Waals surface area contributed by atoms with Gasteiger partial charge < -0.3 is 24.6 Å². The van der Waals surface area contributed by atoms with E-state index in [1.807, 2.05) is 39.0 Å². The molecular weight excluding hydrogens is 334 g/mol. The molecule has 7 heteroatoms. The van der Waals surface area contributed by atoms with Crippen molar-refractivity contribution < 1.29 is 18.7 Å². The van der Waals surface area contributed by atoms with Gasteiger partial charge in [0.25, 0.3) is 11.9 Å². The molecule has 2 heterocycles. The van der Waals surface area contributed by atoms with Crippen molar-refractivity contribution in [2.75, 3.05) is 18.4 Å². The van der Waals surface area contributed by atoms with Gasteiger partial charge >= 0.3 is 0 Å². The molecule has 0 aliphatic rings. The summed E-state index contributed by atoms with van der Waals surface area (Å²) in [5.74, 6) is 1.04. The van der Waals surface area contributed by atoms with Gasteiger partial charge in [0, 0.05) is 18.7 Å². The lowest BCUT2D eigenvalue weighted by atomic mass is 10.1. The number of aromatic nitrogens is 1. The number of furan rings is 1. The first-order valence-corrected chi connectivity index (χ1v) is 8.49. The summed E-state index contributed by atoms with van der Waals surface area (Å²) in [5.41, 5.74) is 3.82. The van der Waals surface area contributed by atoms with Crippen molar-refractivity contribution >= 4 is 23.0 Å². The van der Waals surface area contributed by atoms with Crippen LogP contribution in [0.1, 0.15) is 33.0 Å². The van der Waals surface area contributed by atoms with Gasteiger partial charge in [0.15, 0.2) is 5.58 Å². The summed E-state index contributed by atoms with van der Waals surface area (Å²) in [6.45, 7) is 7.67. The summed E-state index contributed by atoms with van der Waals surface area (Å²) in [6, 6.07) is 6.07. The highest BCUT2D eigenvalue weighted by Gasteiger charge is 2.19. The number of aliphatic hydroxyl groups is 1. The van der Waals surface area contributed by atoms with E-state index in [4.69, 9.17) is 8.83 Å². The monoisotopic (exact) mass is 357 g/mol. The zero-order valence-corrected chi connectivity index (χ0v) is 15.3. The van der Waals surface area contributed by atoms with Crippen LogP contribution in [0.5, 0.6) is 0 Å². The summed E-state index contributed by atoms with van der Waals surface area (Å²) in [4.78, 5) is 16.6. The Bertz CT molecular complexity index is 942. The average Bonchev–Trinajstić information content (AvgIpc) is 3.12. The molecule has 2 aromatic heterocycles. The molecule has 0 saturated carbocycles. The number of aliphatic hydroxyl groups excluding tert-OH is 1. The van der Waals surface area contributed by atoms with Crippen LogP contribution < -0.4 is 10.6 Å². The van der Waals surface area contributed by atoms with Crippen LogP contribution in [0, 0.1) is 27.7 Å². The van der Waals surface area contributed by atoms with Crippen molar-refractivity contribution in [3.05, 3.63) is 46.4 Å². The van der Waals surface area contributed by atoms with Crippen molar-refractivity contribution in [1.82, 2.24) is 10.3 Å². The van der Waals surface area contributed by atoms with Crippen molar-refractivity contribution in [2.45, 2.75) is 33.8 Å². The zero-order chi connectivity index (χ0) is 18.8. The molecule has 26 heavy (non-hydrogen) atoms. The van der Waals surface area contributed by atoms with E-state index in [0.29, 0.717) is 17.3 Å². The highest BCUT2D eigenvalue weighted by molar-refractivity contribution is 5.96.